The lowest BCUT2D eigenvalue weighted by atomic mass is 10.0. The minimum absolute atomic E-state index is 0.227. The van der Waals surface area contributed by atoms with Gasteiger partial charge < -0.3 is 35.1 Å². The van der Waals surface area contributed by atoms with E-state index in [-0.39, 0.29) is 18.2 Å². The van der Waals surface area contributed by atoms with Crippen LogP contribution in [0.25, 0.3) is 0 Å². The zero-order valence-electron chi connectivity index (χ0n) is 33.9. The zero-order valence-corrected chi connectivity index (χ0v) is 35.5. The average Bonchev–Trinajstić information content (AvgIpc) is 3.23. The lowest BCUT2D eigenvalue weighted by molar-refractivity contribution is -0.134. The lowest BCUT2D eigenvalue weighted by Crippen LogP contribution is -2.53. The number of para-hydroxylation sites is 1. The van der Waals surface area contributed by atoms with Gasteiger partial charge in [-0.1, -0.05) is 35.9 Å². The number of aryl methyl sites for hydroxylation is 1. The van der Waals surface area contributed by atoms with E-state index < -0.39 is 19.1 Å². The number of piperazine rings is 1. The maximum Gasteiger partial charge on any atom is 0.251 e. The Bertz CT molecular complexity index is 2190. The highest BCUT2D eigenvalue weighted by atomic mass is 35.5. The second kappa shape index (κ2) is 18.9. The Balaban J connectivity index is 0.842. The minimum atomic E-state index is -2.54. The quantitative estimate of drug-likeness (QED) is 0.0918. The van der Waals surface area contributed by atoms with Gasteiger partial charge in [0.05, 0.1) is 24.7 Å². The van der Waals surface area contributed by atoms with Crippen LogP contribution in [-0.2, 0) is 20.6 Å². The van der Waals surface area contributed by atoms with E-state index in [1.54, 1.807) is 32.6 Å². The topological polar surface area (TPSA) is 161 Å². The van der Waals surface area contributed by atoms with E-state index >= 15 is 0 Å². The third kappa shape index (κ3) is 10.8. The summed E-state index contributed by atoms with van der Waals surface area (Å²) < 4.78 is 18.7. The molecule has 0 radical (unpaired) electrons. The molecule has 3 aromatic carbocycles. The Morgan fingerprint density at radius 2 is 1.68 bits per heavy atom. The maximum atomic E-state index is 12.9. The molecule has 0 saturated carbocycles. The highest BCUT2D eigenvalue weighted by molar-refractivity contribution is 7.70. The van der Waals surface area contributed by atoms with Gasteiger partial charge in [-0.15, -0.1) is 0 Å². The van der Waals surface area contributed by atoms with Gasteiger partial charge >= 0.3 is 0 Å². The number of methoxy groups -OCH3 is 1. The molecule has 0 spiro atoms. The van der Waals surface area contributed by atoms with Crippen molar-refractivity contribution in [2.75, 3.05) is 81.8 Å². The summed E-state index contributed by atoms with van der Waals surface area (Å²) in [5.41, 5.74) is 4.22. The van der Waals surface area contributed by atoms with Crippen molar-refractivity contribution < 1.29 is 23.7 Å². The molecule has 4 N–H and O–H groups in total. The molecule has 3 aliphatic heterocycles. The average molecular weight is 842 g/mol. The molecule has 1 aromatic heterocycles. The van der Waals surface area contributed by atoms with E-state index in [0.29, 0.717) is 46.3 Å². The predicted octanol–water partition coefficient (Wildman–Crippen LogP) is 5.63. The van der Waals surface area contributed by atoms with Crippen LogP contribution in [0.2, 0.25) is 5.02 Å². The van der Waals surface area contributed by atoms with Gasteiger partial charge in [0.1, 0.15) is 24.0 Å². The Morgan fingerprint density at radius 1 is 0.932 bits per heavy atom. The first-order chi connectivity index (χ1) is 28.4. The molecule has 3 fully saturated rings. The van der Waals surface area contributed by atoms with Crippen molar-refractivity contribution in [3.8, 4) is 5.75 Å². The number of nitrogens with one attached hydrogen (secondary N) is 4. The van der Waals surface area contributed by atoms with Crippen LogP contribution in [0, 0.1) is 0 Å². The molecule has 3 amide bonds. The molecule has 14 nitrogen and oxygen atoms in total. The summed E-state index contributed by atoms with van der Waals surface area (Å²) in [7, 11) is -0.886. The number of rotatable bonds is 14. The van der Waals surface area contributed by atoms with Crippen LogP contribution in [0.4, 0.5) is 28.8 Å². The number of aromatic nitrogens is 2. The molecular formula is C43H53ClN9O5P. The normalized spacial score (nSPS) is 18.3. The number of piperidine rings is 2. The molecule has 3 aliphatic rings. The van der Waals surface area contributed by atoms with Crippen molar-refractivity contribution >= 4 is 70.6 Å². The first kappa shape index (κ1) is 42.1. The molecule has 1 unspecified atom stereocenters. The van der Waals surface area contributed by atoms with Crippen LogP contribution in [0.3, 0.4) is 0 Å². The molecule has 3 saturated heterocycles. The maximum absolute atomic E-state index is 12.9. The minimum Gasteiger partial charge on any atom is -0.494 e. The Kier molecular flexibility index (Phi) is 13.5. The van der Waals surface area contributed by atoms with Crippen molar-refractivity contribution in [1.29, 1.82) is 0 Å². The third-order valence-electron chi connectivity index (χ3n) is 11.4. The number of nitrogens with zero attached hydrogens (tertiary/aromatic N) is 5. The zero-order chi connectivity index (χ0) is 41.5. The standard InChI is InChI=1S/C43H53ClN9O5P/c1-58-37-27-32(14-15-34(37)48-43-45-28-33(44)40(50-43)46-35-8-4-5-9-38(35)59(2,3)57)52-21-18-31(19-22-52)53-25-23-51(24-26-53)20-6-7-29-10-12-30(13-11-29)41(55)47-36-16-17-39(54)49-42(36)56/h4-5,8-15,27-28,31,36H,6-7,16-26H2,1-3H3,(H,47,55)(H,49,54,56)(H2,45,46,48,50). The van der Waals surface area contributed by atoms with Crippen molar-refractivity contribution in [3.63, 3.8) is 0 Å². The van der Waals surface area contributed by atoms with Crippen LogP contribution in [-0.4, -0.2) is 116 Å². The Morgan fingerprint density at radius 3 is 2.39 bits per heavy atom. The third-order valence-corrected chi connectivity index (χ3v) is 13.2. The first-order valence-electron chi connectivity index (χ1n) is 20.3. The van der Waals surface area contributed by atoms with Crippen LogP contribution < -0.4 is 36.2 Å². The number of anilines is 5. The summed E-state index contributed by atoms with van der Waals surface area (Å²) in [5.74, 6) is 0.381. The predicted molar refractivity (Wildman–Crippen MR) is 234 cm³/mol. The van der Waals surface area contributed by atoms with Gasteiger partial charge in [0, 0.05) is 74.4 Å². The van der Waals surface area contributed by atoms with E-state index in [2.05, 4.69) is 58.1 Å². The molecule has 0 aliphatic carbocycles. The van der Waals surface area contributed by atoms with Crippen LogP contribution in [0.15, 0.2) is 72.9 Å². The number of hydrogen-bond acceptors (Lipinski definition) is 12. The monoisotopic (exact) mass is 841 g/mol. The van der Waals surface area contributed by atoms with Crippen molar-refractivity contribution in [3.05, 3.63) is 89.1 Å². The number of carbonyl (C=O) groups is 3. The van der Waals surface area contributed by atoms with E-state index in [9.17, 15) is 18.9 Å². The molecular weight excluding hydrogens is 789 g/mol. The van der Waals surface area contributed by atoms with Crippen molar-refractivity contribution in [2.45, 2.75) is 50.6 Å². The molecule has 4 aromatic rings. The number of halogens is 1. The number of hydrogen-bond donors (Lipinski definition) is 4. The fourth-order valence-corrected chi connectivity index (χ4v) is 9.33. The first-order valence-corrected chi connectivity index (χ1v) is 23.3. The smallest absolute Gasteiger partial charge is 0.251 e. The fourth-order valence-electron chi connectivity index (χ4n) is 8.04. The second-order valence-electron chi connectivity index (χ2n) is 15.8. The van der Waals surface area contributed by atoms with E-state index in [4.69, 9.17) is 16.3 Å². The summed E-state index contributed by atoms with van der Waals surface area (Å²) >= 11 is 6.48. The summed E-state index contributed by atoms with van der Waals surface area (Å²) in [4.78, 5) is 52.7. The summed E-state index contributed by atoms with van der Waals surface area (Å²) in [5, 5.41) is 12.6. The Labute approximate surface area is 350 Å². The molecule has 16 heteroatoms. The number of ether oxygens (including phenoxy) is 1. The van der Waals surface area contributed by atoms with Crippen molar-refractivity contribution in [2.24, 2.45) is 0 Å². The number of amides is 3. The number of imide groups is 1. The van der Waals surface area contributed by atoms with Crippen LogP contribution in [0.1, 0.15) is 48.0 Å². The molecule has 59 heavy (non-hydrogen) atoms. The highest BCUT2D eigenvalue weighted by Crippen LogP contribution is 2.39. The van der Waals surface area contributed by atoms with Crippen molar-refractivity contribution in [1.82, 2.24) is 30.4 Å². The number of carbonyl (C=O) groups excluding carboxylic acids is 3. The van der Waals surface area contributed by atoms with Gasteiger partial charge in [-0.05, 0) is 93.9 Å². The van der Waals surface area contributed by atoms with Gasteiger partial charge in [0.15, 0.2) is 5.82 Å². The molecule has 0 bridgehead atoms. The van der Waals surface area contributed by atoms with Gasteiger partial charge in [0.2, 0.25) is 17.8 Å². The summed E-state index contributed by atoms with van der Waals surface area (Å²) in [6.07, 6.45) is 6.27. The van der Waals surface area contributed by atoms with Crippen LogP contribution >= 0.6 is 18.7 Å². The molecule has 1 atom stereocenters. The van der Waals surface area contributed by atoms with Crippen LogP contribution in [0.5, 0.6) is 5.75 Å². The molecule has 312 valence electrons. The van der Waals surface area contributed by atoms with E-state index in [1.165, 1.54) is 11.8 Å². The van der Waals surface area contributed by atoms with Gasteiger partial charge in [-0.3, -0.25) is 24.6 Å². The lowest BCUT2D eigenvalue weighted by Gasteiger charge is -2.43. The molecule has 4 heterocycles. The summed E-state index contributed by atoms with van der Waals surface area (Å²) in [6.45, 7) is 10.7. The van der Waals surface area contributed by atoms with E-state index in [0.717, 1.165) is 88.2 Å². The fraction of sp³-hybridized carbons (Fsp3) is 0.419. The highest BCUT2D eigenvalue weighted by Gasteiger charge is 2.29. The SMILES string of the molecule is COc1cc(N2CCC(N3CCN(CCCc4ccc(C(=O)NC5CCC(=O)NC5=O)cc4)CC3)CC2)ccc1Nc1ncc(Cl)c(Nc2ccccc2P(C)(C)=O)n1. The van der Waals surface area contributed by atoms with Gasteiger partial charge in [0.25, 0.3) is 5.91 Å². The molecule has 7 rings (SSSR count). The Hall–Kier alpha value is -5.01. The second-order valence-corrected chi connectivity index (χ2v) is 19.4. The van der Waals surface area contributed by atoms with Gasteiger partial charge in [-0.25, -0.2) is 4.98 Å². The van der Waals surface area contributed by atoms with Gasteiger partial charge in [-0.2, -0.15) is 4.98 Å². The summed E-state index contributed by atoms with van der Waals surface area (Å²) in [6, 6.07) is 21.1. The number of benzene rings is 3. The van der Waals surface area contributed by atoms with E-state index in [1.807, 2.05) is 42.5 Å². The largest absolute Gasteiger partial charge is 0.494 e.